The lowest BCUT2D eigenvalue weighted by Gasteiger charge is -2.28. The van der Waals surface area contributed by atoms with Crippen LogP contribution >= 0.6 is 0 Å². The molecule has 2 aliphatic carbocycles. The first kappa shape index (κ1) is 15.6. The molecule has 0 aromatic rings. The number of rotatable bonds is 6. The van der Waals surface area contributed by atoms with Gasteiger partial charge in [0.2, 0.25) is 5.91 Å². The van der Waals surface area contributed by atoms with Gasteiger partial charge in [0, 0.05) is 12.5 Å². The van der Waals surface area contributed by atoms with Gasteiger partial charge in [-0.25, -0.2) is 0 Å². The van der Waals surface area contributed by atoms with E-state index in [9.17, 15) is 18.0 Å². The Morgan fingerprint density at radius 3 is 2.65 bits per heavy atom. The number of halogens is 3. The highest BCUT2D eigenvalue weighted by atomic mass is 19.4. The maximum absolute atomic E-state index is 11.9. The zero-order valence-electron chi connectivity index (χ0n) is 11.7. The Bertz CT molecular complexity index is 346. The van der Waals surface area contributed by atoms with Gasteiger partial charge >= 0.3 is 6.18 Å². The van der Waals surface area contributed by atoms with Crippen LogP contribution < -0.4 is 5.32 Å². The fourth-order valence-electron chi connectivity index (χ4n) is 3.69. The molecule has 2 saturated carbocycles. The number of amides is 1. The van der Waals surface area contributed by atoms with Crippen LogP contribution in [0.5, 0.6) is 0 Å². The van der Waals surface area contributed by atoms with E-state index >= 15 is 0 Å². The quantitative estimate of drug-likeness (QED) is 0.765. The standard InChI is InChI=1S/C14H22F3NO2/c1-9(12-7-10-2-3-11(12)6-10)18-13(19)4-5-20-8-14(15,16)17/h9-12H,2-8H2,1H3,(H,18,19). The molecule has 116 valence electrons. The number of hydrogen-bond acceptors (Lipinski definition) is 2. The van der Waals surface area contributed by atoms with Crippen molar-refractivity contribution in [3.63, 3.8) is 0 Å². The largest absolute Gasteiger partial charge is 0.411 e. The number of nitrogens with one attached hydrogen (secondary N) is 1. The second kappa shape index (κ2) is 6.33. The third kappa shape index (κ3) is 4.36. The van der Waals surface area contributed by atoms with Gasteiger partial charge in [0.05, 0.1) is 6.61 Å². The Balaban J connectivity index is 1.62. The predicted octanol–water partition coefficient (Wildman–Crippen LogP) is 2.90. The van der Waals surface area contributed by atoms with Crippen molar-refractivity contribution in [2.75, 3.05) is 13.2 Å². The first-order valence-corrected chi connectivity index (χ1v) is 7.29. The molecule has 20 heavy (non-hydrogen) atoms. The molecule has 4 atom stereocenters. The zero-order valence-corrected chi connectivity index (χ0v) is 11.7. The van der Waals surface area contributed by atoms with Crippen molar-refractivity contribution < 1.29 is 22.7 Å². The lowest BCUT2D eigenvalue weighted by molar-refractivity contribution is -0.174. The van der Waals surface area contributed by atoms with Crippen molar-refractivity contribution in [3.05, 3.63) is 0 Å². The van der Waals surface area contributed by atoms with E-state index in [4.69, 9.17) is 0 Å². The van der Waals surface area contributed by atoms with Gasteiger partial charge < -0.3 is 10.1 Å². The molecule has 4 unspecified atom stereocenters. The van der Waals surface area contributed by atoms with Crippen molar-refractivity contribution in [3.8, 4) is 0 Å². The van der Waals surface area contributed by atoms with Gasteiger partial charge in [0.1, 0.15) is 6.61 Å². The molecular formula is C14H22F3NO2. The van der Waals surface area contributed by atoms with Crippen molar-refractivity contribution in [2.45, 2.75) is 51.2 Å². The van der Waals surface area contributed by atoms with E-state index in [-0.39, 0.29) is 25.0 Å². The maximum atomic E-state index is 11.9. The van der Waals surface area contributed by atoms with Crippen LogP contribution in [-0.4, -0.2) is 31.3 Å². The number of alkyl halides is 3. The summed E-state index contributed by atoms with van der Waals surface area (Å²) in [5.41, 5.74) is 0. The van der Waals surface area contributed by atoms with Crippen molar-refractivity contribution in [2.24, 2.45) is 17.8 Å². The SMILES string of the molecule is CC(NC(=O)CCOCC(F)(F)F)C1CC2CCC1C2. The van der Waals surface area contributed by atoms with Crippen LogP contribution in [0.25, 0.3) is 0 Å². The Morgan fingerprint density at radius 2 is 2.10 bits per heavy atom. The average molecular weight is 293 g/mol. The van der Waals surface area contributed by atoms with E-state index in [2.05, 4.69) is 10.1 Å². The molecule has 2 rings (SSSR count). The minimum Gasteiger partial charge on any atom is -0.372 e. The molecule has 1 N–H and O–H groups in total. The van der Waals surface area contributed by atoms with Crippen molar-refractivity contribution in [1.82, 2.24) is 5.32 Å². The molecule has 0 heterocycles. The smallest absolute Gasteiger partial charge is 0.372 e. The van der Waals surface area contributed by atoms with Crippen LogP contribution in [0.15, 0.2) is 0 Å². The summed E-state index contributed by atoms with van der Waals surface area (Å²) < 4.78 is 40.0. The number of carbonyl (C=O) groups is 1. The topological polar surface area (TPSA) is 38.3 Å². The maximum Gasteiger partial charge on any atom is 0.411 e. The Morgan fingerprint density at radius 1 is 1.35 bits per heavy atom. The van der Waals surface area contributed by atoms with Crippen LogP contribution in [0.1, 0.15) is 39.0 Å². The van der Waals surface area contributed by atoms with Crippen LogP contribution in [0.2, 0.25) is 0 Å². The highest BCUT2D eigenvalue weighted by molar-refractivity contribution is 5.76. The molecule has 0 saturated heterocycles. The number of fused-ring (bicyclic) bond motifs is 2. The van der Waals surface area contributed by atoms with Crippen LogP contribution in [0, 0.1) is 17.8 Å². The normalized spacial score (nSPS) is 30.5. The number of ether oxygens (including phenoxy) is 1. The van der Waals surface area contributed by atoms with Gasteiger partial charge in [0.25, 0.3) is 0 Å². The summed E-state index contributed by atoms with van der Waals surface area (Å²) in [6.45, 7) is 0.525. The van der Waals surface area contributed by atoms with E-state index in [1.807, 2.05) is 6.92 Å². The molecule has 0 aromatic heterocycles. The molecule has 1 amide bonds. The number of carbonyl (C=O) groups excluding carboxylic acids is 1. The first-order chi connectivity index (χ1) is 9.35. The molecule has 0 aliphatic heterocycles. The van der Waals surface area contributed by atoms with E-state index in [0.717, 1.165) is 11.8 Å². The lowest BCUT2D eigenvalue weighted by Crippen LogP contribution is -2.40. The Kier molecular flexibility index (Phi) is 4.94. The second-order valence-corrected chi connectivity index (χ2v) is 6.11. The summed E-state index contributed by atoms with van der Waals surface area (Å²) in [5.74, 6) is 1.85. The molecule has 6 heteroatoms. The zero-order chi connectivity index (χ0) is 14.8. The highest BCUT2D eigenvalue weighted by Gasteiger charge is 2.42. The molecule has 0 spiro atoms. The van der Waals surface area contributed by atoms with E-state index < -0.39 is 12.8 Å². The lowest BCUT2D eigenvalue weighted by atomic mass is 9.84. The van der Waals surface area contributed by atoms with E-state index in [0.29, 0.717) is 5.92 Å². The molecule has 3 nitrogen and oxygen atoms in total. The summed E-state index contributed by atoms with van der Waals surface area (Å²) in [6.07, 6.45) is 0.682. The van der Waals surface area contributed by atoms with E-state index in [1.165, 1.54) is 25.7 Å². The van der Waals surface area contributed by atoms with Crippen LogP contribution in [0.3, 0.4) is 0 Å². The minimum atomic E-state index is -4.33. The summed E-state index contributed by atoms with van der Waals surface area (Å²) in [4.78, 5) is 11.7. The predicted molar refractivity (Wildman–Crippen MR) is 68.0 cm³/mol. The van der Waals surface area contributed by atoms with Gasteiger partial charge in [-0.15, -0.1) is 0 Å². The summed E-state index contributed by atoms with van der Waals surface area (Å²) in [6, 6.07) is 0.111. The summed E-state index contributed by atoms with van der Waals surface area (Å²) in [7, 11) is 0. The monoisotopic (exact) mass is 293 g/mol. The fourth-order valence-corrected chi connectivity index (χ4v) is 3.69. The molecule has 2 fully saturated rings. The second-order valence-electron chi connectivity index (χ2n) is 6.11. The van der Waals surface area contributed by atoms with Crippen LogP contribution in [0.4, 0.5) is 13.2 Å². The Hall–Kier alpha value is -0.780. The van der Waals surface area contributed by atoms with E-state index in [1.54, 1.807) is 0 Å². The minimum absolute atomic E-state index is 0.0127. The number of hydrogen-bond donors (Lipinski definition) is 1. The molecule has 0 radical (unpaired) electrons. The van der Waals surface area contributed by atoms with Crippen molar-refractivity contribution >= 4 is 5.91 Å². The van der Waals surface area contributed by atoms with Gasteiger partial charge in [-0.05, 0) is 43.9 Å². The van der Waals surface area contributed by atoms with Gasteiger partial charge in [-0.1, -0.05) is 6.42 Å². The molecule has 2 aliphatic rings. The molecule has 0 aromatic carbocycles. The van der Waals surface area contributed by atoms with Crippen molar-refractivity contribution in [1.29, 1.82) is 0 Å². The third-order valence-corrected chi connectivity index (χ3v) is 4.56. The fraction of sp³-hybridized carbons (Fsp3) is 0.929. The highest BCUT2D eigenvalue weighted by Crippen LogP contribution is 2.49. The summed E-state index contributed by atoms with van der Waals surface area (Å²) in [5, 5.41) is 2.90. The van der Waals surface area contributed by atoms with Crippen LogP contribution in [-0.2, 0) is 9.53 Å². The van der Waals surface area contributed by atoms with Gasteiger partial charge in [-0.3, -0.25) is 4.79 Å². The molecule has 2 bridgehead atoms. The third-order valence-electron chi connectivity index (χ3n) is 4.56. The first-order valence-electron chi connectivity index (χ1n) is 7.29. The Labute approximate surface area is 117 Å². The molecular weight excluding hydrogens is 271 g/mol. The van der Waals surface area contributed by atoms with Gasteiger partial charge in [-0.2, -0.15) is 13.2 Å². The summed E-state index contributed by atoms with van der Waals surface area (Å²) >= 11 is 0. The average Bonchev–Trinajstić information content (AvgIpc) is 2.95. The van der Waals surface area contributed by atoms with Gasteiger partial charge in [0.15, 0.2) is 0 Å².